The summed E-state index contributed by atoms with van der Waals surface area (Å²) in [6, 6.07) is 3.52. The minimum atomic E-state index is 0.432. The number of nitrogens with two attached hydrogens (primary N) is 1. The number of hydrogen-bond acceptors (Lipinski definition) is 3. The van der Waals surface area contributed by atoms with Crippen LogP contribution >= 0.6 is 0 Å². The SMILES string of the molecule is CC1C=CC=C(Oc2ccc(N)nc2)C=C1. The lowest BCUT2D eigenvalue weighted by Crippen LogP contribution is -1.94. The first-order chi connectivity index (χ1) is 7.74. The van der Waals surface area contributed by atoms with E-state index in [0.29, 0.717) is 17.5 Å². The van der Waals surface area contributed by atoms with Crippen molar-refractivity contribution >= 4 is 5.82 Å². The lowest BCUT2D eigenvalue weighted by Gasteiger charge is -2.05. The van der Waals surface area contributed by atoms with E-state index < -0.39 is 0 Å². The lowest BCUT2D eigenvalue weighted by molar-refractivity contribution is 0.442. The van der Waals surface area contributed by atoms with Crippen LogP contribution in [-0.2, 0) is 0 Å². The van der Waals surface area contributed by atoms with E-state index in [4.69, 9.17) is 10.5 Å². The maximum absolute atomic E-state index is 5.64. The number of pyridine rings is 1. The molecule has 0 aliphatic heterocycles. The molecule has 2 N–H and O–H groups in total. The molecular formula is C13H14N2O. The van der Waals surface area contributed by atoms with E-state index in [1.807, 2.05) is 18.2 Å². The number of hydrogen-bond donors (Lipinski definition) is 1. The summed E-state index contributed by atoms with van der Waals surface area (Å²) < 4.78 is 5.64. The van der Waals surface area contributed by atoms with E-state index >= 15 is 0 Å². The van der Waals surface area contributed by atoms with E-state index in [2.05, 4.69) is 24.1 Å². The Morgan fingerprint density at radius 3 is 2.94 bits per heavy atom. The third-order valence-corrected chi connectivity index (χ3v) is 2.23. The number of aromatic nitrogens is 1. The van der Waals surface area contributed by atoms with Crippen LogP contribution < -0.4 is 10.5 Å². The zero-order valence-corrected chi connectivity index (χ0v) is 9.13. The number of ether oxygens (including phenoxy) is 1. The van der Waals surface area contributed by atoms with Gasteiger partial charge in [0.2, 0.25) is 0 Å². The molecule has 2 rings (SSSR count). The molecule has 1 aliphatic carbocycles. The monoisotopic (exact) mass is 214 g/mol. The van der Waals surface area contributed by atoms with Gasteiger partial charge in [0.1, 0.15) is 17.3 Å². The second-order valence-corrected chi connectivity index (χ2v) is 3.69. The highest BCUT2D eigenvalue weighted by molar-refractivity contribution is 5.34. The lowest BCUT2D eigenvalue weighted by atomic mass is 10.2. The second-order valence-electron chi connectivity index (χ2n) is 3.69. The summed E-state index contributed by atoms with van der Waals surface area (Å²) in [6.45, 7) is 2.12. The molecule has 0 radical (unpaired) electrons. The molecule has 0 bridgehead atoms. The Kier molecular flexibility index (Phi) is 3.05. The van der Waals surface area contributed by atoms with Gasteiger partial charge in [0.05, 0.1) is 6.20 Å². The smallest absolute Gasteiger partial charge is 0.145 e. The molecule has 1 atom stereocenters. The van der Waals surface area contributed by atoms with E-state index in [-0.39, 0.29) is 0 Å². The van der Waals surface area contributed by atoms with Gasteiger partial charge in [-0.3, -0.25) is 0 Å². The number of nitrogens with zero attached hydrogens (tertiary/aromatic N) is 1. The van der Waals surface area contributed by atoms with Gasteiger partial charge in [0, 0.05) is 0 Å². The van der Waals surface area contributed by atoms with Gasteiger partial charge in [-0.2, -0.15) is 0 Å². The van der Waals surface area contributed by atoms with Gasteiger partial charge in [-0.05, 0) is 30.2 Å². The van der Waals surface area contributed by atoms with Crippen molar-refractivity contribution in [3.05, 3.63) is 54.5 Å². The highest BCUT2D eigenvalue weighted by atomic mass is 16.5. The molecule has 0 aromatic carbocycles. The van der Waals surface area contributed by atoms with Crippen LogP contribution in [0.1, 0.15) is 6.92 Å². The third-order valence-electron chi connectivity index (χ3n) is 2.23. The summed E-state index contributed by atoms with van der Waals surface area (Å²) in [4.78, 5) is 3.97. The first-order valence-electron chi connectivity index (χ1n) is 5.20. The fraction of sp³-hybridized carbons (Fsp3) is 0.154. The van der Waals surface area contributed by atoms with Gasteiger partial charge in [-0.25, -0.2) is 4.98 Å². The zero-order chi connectivity index (χ0) is 11.4. The molecule has 82 valence electrons. The van der Waals surface area contributed by atoms with Gasteiger partial charge in [-0.15, -0.1) is 0 Å². The Morgan fingerprint density at radius 1 is 1.31 bits per heavy atom. The number of rotatable bonds is 2. The number of anilines is 1. The summed E-state index contributed by atoms with van der Waals surface area (Å²) >= 11 is 0. The Hall–Kier alpha value is -2.03. The van der Waals surface area contributed by atoms with Crippen molar-refractivity contribution in [1.82, 2.24) is 4.98 Å². The first-order valence-corrected chi connectivity index (χ1v) is 5.20. The molecule has 0 spiro atoms. The normalized spacial score (nSPS) is 19.1. The second kappa shape index (κ2) is 4.66. The van der Waals surface area contributed by atoms with Crippen molar-refractivity contribution < 1.29 is 4.74 Å². The molecule has 0 fully saturated rings. The van der Waals surface area contributed by atoms with Crippen molar-refractivity contribution in [2.24, 2.45) is 5.92 Å². The number of allylic oxidation sites excluding steroid dienone is 5. The van der Waals surface area contributed by atoms with Crippen LogP contribution in [0.2, 0.25) is 0 Å². The summed E-state index contributed by atoms with van der Waals surface area (Å²) in [5, 5.41) is 0. The van der Waals surface area contributed by atoms with Crippen LogP contribution in [0.25, 0.3) is 0 Å². The first kappa shape index (κ1) is 10.5. The van der Waals surface area contributed by atoms with Crippen molar-refractivity contribution in [3.63, 3.8) is 0 Å². The predicted octanol–water partition coefficient (Wildman–Crippen LogP) is 2.69. The summed E-state index contributed by atoms with van der Waals surface area (Å²) in [5.74, 6) is 2.41. The average molecular weight is 214 g/mol. The fourth-order valence-electron chi connectivity index (χ4n) is 1.35. The van der Waals surface area contributed by atoms with Crippen LogP contribution in [0.15, 0.2) is 54.5 Å². The fourth-order valence-corrected chi connectivity index (χ4v) is 1.35. The summed E-state index contributed by atoms with van der Waals surface area (Å²) in [7, 11) is 0. The minimum absolute atomic E-state index is 0.432. The summed E-state index contributed by atoms with van der Waals surface area (Å²) in [6.07, 6.45) is 11.7. The van der Waals surface area contributed by atoms with E-state index in [1.54, 1.807) is 18.3 Å². The van der Waals surface area contributed by atoms with Gasteiger partial charge in [0.15, 0.2) is 0 Å². The van der Waals surface area contributed by atoms with Crippen LogP contribution in [0.5, 0.6) is 5.75 Å². The van der Waals surface area contributed by atoms with E-state index in [0.717, 1.165) is 5.76 Å². The molecule has 1 aliphatic rings. The van der Waals surface area contributed by atoms with Crippen LogP contribution in [0, 0.1) is 5.92 Å². The van der Waals surface area contributed by atoms with Crippen molar-refractivity contribution in [3.8, 4) is 5.75 Å². The average Bonchev–Trinajstić information content (AvgIpc) is 2.47. The van der Waals surface area contributed by atoms with Crippen LogP contribution in [-0.4, -0.2) is 4.98 Å². The Balaban J connectivity index is 2.10. The molecule has 1 unspecified atom stereocenters. The van der Waals surface area contributed by atoms with Crippen molar-refractivity contribution in [2.75, 3.05) is 5.73 Å². The molecule has 0 amide bonds. The van der Waals surface area contributed by atoms with E-state index in [1.165, 1.54) is 0 Å². The Labute approximate surface area is 94.9 Å². The van der Waals surface area contributed by atoms with E-state index in [9.17, 15) is 0 Å². The Bertz CT molecular complexity index is 444. The van der Waals surface area contributed by atoms with Crippen LogP contribution in [0.3, 0.4) is 0 Å². The van der Waals surface area contributed by atoms with Crippen LogP contribution in [0.4, 0.5) is 5.82 Å². The molecule has 16 heavy (non-hydrogen) atoms. The predicted molar refractivity (Wildman–Crippen MR) is 64.8 cm³/mol. The highest BCUT2D eigenvalue weighted by Gasteiger charge is 2.00. The molecule has 3 nitrogen and oxygen atoms in total. The topological polar surface area (TPSA) is 48.1 Å². The maximum atomic E-state index is 5.64. The number of nitrogen functional groups attached to an aromatic ring is 1. The molecule has 1 aromatic rings. The van der Waals surface area contributed by atoms with Gasteiger partial charge >= 0.3 is 0 Å². The standard InChI is InChI=1S/C13H14N2O/c1-10-3-2-4-11(6-5-10)16-12-7-8-13(14)15-9-12/h2-10H,1H3,(H2,14,15). The molecule has 0 saturated heterocycles. The van der Waals surface area contributed by atoms with Crippen molar-refractivity contribution in [2.45, 2.75) is 6.92 Å². The van der Waals surface area contributed by atoms with Gasteiger partial charge in [0.25, 0.3) is 0 Å². The molecule has 0 saturated carbocycles. The van der Waals surface area contributed by atoms with Gasteiger partial charge < -0.3 is 10.5 Å². The highest BCUT2D eigenvalue weighted by Crippen LogP contribution is 2.16. The molecular weight excluding hydrogens is 200 g/mol. The van der Waals surface area contributed by atoms with Gasteiger partial charge in [-0.1, -0.05) is 25.2 Å². The third kappa shape index (κ3) is 2.73. The summed E-state index contributed by atoms with van der Waals surface area (Å²) in [5.41, 5.74) is 5.50. The quantitative estimate of drug-likeness (QED) is 0.823. The zero-order valence-electron chi connectivity index (χ0n) is 9.13. The van der Waals surface area contributed by atoms with Crippen molar-refractivity contribution in [1.29, 1.82) is 0 Å². The molecule has 3 heteroatoms. The molecule has 1 heterocycles. The molecule has 1 aromatic heterocycles. The maximum Gasteiger partial charge on any atom is 0.145 e. The minimum Gasteiger partial charge on any atom is -0.456 e. The largest absolute Gasteiger partial charge is 0.456 e. The Morgan fingerprint density at radius 2 is 2.19 bits per heavy atom.